The number of rotatable bonds is 18. The number of imide groups is 1. The molecule has 0 aliphatic heterocycles. The molecule has 2 N–H and O–H groups in total. The summed E-state index contributed by atoms with van der Waals surface area (Å²) >= 11 is 0. The summed E-state index contributed by atoms with van der Waals surface area (Å²) in [6, 6.07) is 0. The van der Waals surface area contributed by atoms with Crippen molar-refractivity contribution in [1.82, 2.24) is 4.90 Å². The van der Waals surface area contributed by atoms with Crippen molar-refractivity contribution < 1.29 is 19.8 Å². The molecule has 5 heteroatoms. The average molecular weight is 384 g/mol. The third-order valence-corrected chi connectivity index (χ3v) is 4.79. The van der Waals surface area contributed by atoms with Crippen molar-refractivity contribution in [3.63, 3.8) is 0 Å². The molecule has 0 saturated carbocycles. The van der Waals surface area contributed by atoms with E-state index in [4.69, 9.17) is 10.2 Å². The zero-order valence-corrected chi connectivity index (χ0v) is 17.3. The van der Waals surface area contributed by atoms with Crippen LogP contribution >= 0.6 is 0 Å². The maximum atomic E-state index is 11.4. The van der Waals surface area contributed by atoms with Gasteiger partial charge in [0, 0.05) is 6.20 Å². The molecule has 0 radical (unpaired) electrons. The maximum Gasteiger partial charge on any atom is 0.259 e. The molecule has 0 bridgehead atoms. The zero-order chi connectivity index (χ0) is 20.2. The Morgan fingerprint density at radius 2 is 1.04 bits per heavy atom. The third kappa shape index (κ3) is 15.5. The molecular weight excluding hydrogens is 342 g/mol. The van der Waals surface area contributed by atoms with E-state index in [9.17, 15) is 9.59 Å². The monoisotopic (exact) mass is 383 g/mol. The topological polar surface area (TPSA) is 77.8 Å². The van der Waals surface area contributed by atoms with E-state index in [1.807, 2.05) is 0 Å². The Kier molecular flexibility index (Phi) is 18.7. The fourth-order valence-corrected chi connectivity index (χ4v) is 3.09. The molecule has 0 spiro atoms. The smallest absolute Gasteiger partial charge is 0.259 e. The summed E-state index contributed by atoms with van der Waals surface area (Å²) < 4.78 is 0. The third-order valence-electron chi connectivity index (χ3n) is 4.79. The van der Waals surface area contributed by atoms with E-state index in [2.05, 4.69) is 6.92 Å². The van der Waals surface area contributed by atoms with Crippen molar-refractivity contribution in [1.29, 1.82) is 0 Å². The zero-order valence-electron chi connectivity index (χ0n) is 17.3. The average Bonchev–Trinajstić information content (AvgIpc) is 2.69. The van der Waals surface area contributed by atoms with Gasteiger partial charge < -0.3 is 10.2 Å². The van der Waals surface area contributed by atoms with Crippen LogP contribution in [0.25, 0.3) is 0 Å². The molecule has 27 heavy (non-hydrogen) atoms. The van der Waals surface area contributed by atoms with Gasteiger partial charge in [0.1, 0.15) is 13.2 Å². The molecule has 5 nitrogen and oxygen atoms in total. The summed E-state index contributed by atoms with van der Waals surface area (Å²) in [5.41, 5.74) is 0. The largest absolute Gasteiger partial charge is 0.387 e. The molecule has 158 valence electrons. The molecule has 0 rings (SSSR count). The van der Waals surface area contributed by atoms with Crippen molar-refractivity contribution in [2.45, 2.75) is 103 Å². The molecule has 0 aliphatic carbocycles. The summed E-state index contributed by atoms with van der Waals surface area (Å²) in [5.74, 6) is -1.43. The lowest BCUT2D eigenvalue weighted by molar-refractivity contribution is -0.144. The van der Waals surface area contributed by atoms with Crippen molar-refractivity contribution in [3.8, 4) is 0 Å². The van der Waals surface area contributed by atoms with Gasteiger partial charge in [-0.15, -0.1) is 0 Å². The Hall–Kier alpha value is -1.20. The van der Waals surface area contributed by atoms with Gasteiger partial charge in [-0.3, -0.25) is 14.5 Å². The quantitative estimate of drug-likeness (QED) is 0.336. The molecule has 0 aromatic rings. The van der Waals surface area contributed by atoms with Crippen LogP contribution in [0.2, 0.25) is 0 Å². The maximum absolute atomic E-state index is 11.4. The highest BCUT2D eigenvalue weighted by Gasteiger charge is 2.16. The van der Waals surface area contributed by atoms with Gasteiger partial charge in [0.05, 0.1) is 0 Å². The van der Waals surface area contributed by atoms with Gasteiger partial charge >= 0.3 is 0 Å². The van der Waals surface area contributed by atoms with E-state index in [1.165, 1.54) is 83.2 Å². The van der Waals surface area contributed by atoms with Crippen LogP contribution in [0.1, 0.15) is 103 Å². The summed E-state index contributed by atoms with van der Waals surface area (Å²) in [5, 5.41) is 17.7. The van der Waals surface area contributed by atoms with Crippen molar-refractivity contribution in [2.75, 3.05) is 13.2 Å². The number of aliphatic hydroxyl groups excluding tert-OH is 2. The molecule has 0 saturated heterocycles. The second-order valence-electron chi connectivity index (χ2n) is 7.24. The Morgan fingerprint density at radius 1 is 0.667 bits per heavy atom. The predicted octanol–water partition coefficient (Wildman–Crippen LogP) is 4.71. The molecule has 0 atom stereocenters. The van der Waals surface area contributed by atoms with Crippen LogP contribution in [0.5, 0.6) is 0 Å². The summed E-state index contributed by atoms with van der Waals surface area (Å²) in [7, 11) is 0. The minimum absolute atomic E-state index is 0.716. The molecule has 0 fully saturated rings. The first-order chi connectivity index (χ1) is 13.2. The fourth-order valence-electron chi connectivity index (χ4n) is 3.09. The first-order valence-corrected chi connectivity index (χ1v) is 10.9. The van der Waals surface area contributed by atoms with Gasteiger partial charge in [0.15, 0.2) is 0 Å². The minimum Gasteiger partial charge on any atom is -0.387 e. The lowest BCUT2D eigenvalue weighted by Crippen LogP contribution is -2.36. The second-order valence-corrected chi connectivity index (χ2v) is 7.24. The van der Waals surface area contributed by atoms with Crippen LogP contribution in [0, 0.1) is 0 Å². The highest BCUT2D eigenvalue weighted by atomic mass is 16.3. The molecule has 0 heterocycles. The van der Waals surface area contributed by atoms with E-state index in [0.29, 0.717) is 0 Å². The molecule has 0 aliphatic rings. The molecule has 2 amide bonds. The summed E-state index contributed by atoms with van der Waals surface area (Å²) in [6.07, 6.45) is 22.3. The second kappa shape index (κ2) is 19.6. The summed E-state index contributed by atoms with van der Waals surface area (Å²) in [6.45, 7) is 0.775. The SMILES string of the molecule is CCCCCCCCCCCCCCCCC=CN(C(=O)CO)C(=O)CO. The number of amides is 2. The van der Waals surface area contributed by atoms with Gasteiger partial charge in [-0.25, -0.2) is 0 Å². The van der Waals surface area contributed by atoms with E-state index in [0.717, 1.165) is 24.2 Å². The predicted molar refractivity (Wildman–Crippen MR) is 110 cm³/mol. The normalized spacial score (nSPS) is 11.2. The minimum atomic E-state index is -0.741. The van der Waals surface area contributed by atoms with E-state index >= 15 is 0 Å². The Balaban J connectivity index is 3.48. The van der Waals surface area contributed by atoms with Crippen LogP contribution in [0.4, 0.5) is 0 Å². The van der Waals surface area contributed by atoms with E-state index < -0.39 is 25.0 Å². The van der Waals surface area contributed by atoms with Gasteiger partial charge in [0.25, 0.3) is 11.8 Å². The number of hydrogen-bond donors (Lipinski definition) is 2. The van der Waals surface area contributed by atoms with Crippen molar-refractivity contribution >= 4 is 11.8 Å². The van der Waals surface area contributed by atoms with Crippen LogP contribution < -0.4 is 0 Å². The molecular formula is C22H41NO4. The van der Waals surface area contributed by atoms with Crippen molar-refractivity contribution in [3.05, 3.63) is 12.3 Å². The highest BCUT2D eigenvalue weighted by Crippen LogP contribution is 2.13. The van der Waals surface area contributed by atoms with Crippen LogP contribution in [-0.4, -0.2) is 40.1 Å². The highest BCUT2D eigenvalue weighted by molar-refractivity contribution is 5.97. The Morgan fingerprint density at radius 3 is 1.41 bits per heavy atom. The Labute approximate surface area is 165 Å². The van der Waals surface area contributed by atoms with E-state index in [1.54, 1.807) is 6.08 Å². The number of allylic oxidation sites excluding steroid dienone is 1. The van der Waals surface area contributed by atoms with Gasteiger partial charge in [-0.1, -0.05) is 96.5 Å². The first kappa shape index (κ1) is 25.8. The van der Waals surface area contributed by atoms with Crippen LogP contribution in [0.15, 0.2) is 12.3 Å². The number of hydrogen-bond acceptors (Lipinski definition) is 4. The summed E-state index contributed by atoms with van der Waals surface area (Å²) in [4.78, 5) is 23.6. The number of carbonyl (C=O) groups excluding carboxylic acids is 2. The van der Waals surface area contributed by atoms with Crippen molar-refractivity contribution in [2.24, 2.45) is 0 Å². The first-order valence-electron chi connectivity index (χ1n) is 10.9. The number of carbonyl (C=O) groups is 2. The van der Waals surface area contributed by atoms with Crippen LogP contribution in [-0.2, 0) is 9.59 Å². The van der Waals surface area contributed by atoms with E-state index in [-0.39, 0.29) is 0 Å². The number of nitrogens with zero attached hydrogens (tertiary/aromatic N) is 1. The van der Waals surface area contributed by atoms with Gasteiger partial charge in [0.2, 0.25) is 0 Å². The van der Waals surface area contributed by atoms with Gasteiger partial charge in [-0.2, -0.15) is 0 Å². The number of aliphatic hydroxyl groups is 2. The Bertz CT molecular complexity index is 380. The lowest BCUT2D eigenvalue weighted by Gasteiger charge is -2.13. The lowest BCUT2D eigenvalue weighted by atomic mass is 10.0. The number of unbranched alkanes of at least 4 members (excludes halogenated alkanes) is 14. The standard InChI is InChI=1S/C22H41NO4/c1-2-3-4-5-6-7-8-9-10-11-12-13-14-15-16-17-18-23(21(26)19-24)22(27)20-25/h17-18,24-25H,2-16,19-20H2,1H3. The fraction of sp³-hybridized carbons (Fsp3) is 0.818. The molecule has 0 unspecified atom stereocenters. The van der Waals surface area contributed by atoms with Gasteiger partial charge in [-0.05, 0) is 12.8 Å². The molecule has 0 aromatic carbocycles. The molecule has 0 aromatic heterocycles. The van der Waals surface area contributed by atoms with Crippen LogP contribution in [0.3, 0.4) is 0 Å².